The van der Waals surface area contributed by atoms with Gasteiger partial charge in [-0.15, -0.1) is 0 Å². The standard InChI is InChI=1S/C23H29N5O10/c24-13(5-6-18(30)31)20(34)26-16(8-19(32)33)22(36)27-15(21(35)28-17(10-29)23(37)38)7-11-9-25-14-4-2-1-3-12(11)14/h1-4,9,13,15-17,25,29H,5-8,10,24H2,(H,26,34)(H,27,36)(H,28,35)(H,30,31)(H,32,33)(H,37,38). The molecule has 15 nitrogen and oxygen atoms in total. The second-order valence-electron chi connectivity index (χ2n) is 8.40. The highest BCUT2D eigenvalue weighted by atomic mass is 16.4. The molecular formula is C23H29N5O10. The highest BCUT2D eigenvalue weighted by Crippen LogP contribution is 2.19. The molecule has 0 aliphatic carbocycles. The van der Waals surface area contributed by atoms with Gasteiger partial charge < -0.3 is 47.1 Å². The maximum absolute atomic E-state index is 13.0. The zero-order valence-corrected chi connectivity index (χ0v) is 20.0. The van der Waals surface area contributed by atoms with Gasteiger partial charge in [-0.3, -0.25) is 24.0 Å². The lowest BCUT2D eigenvalue weighted by atomic mass is 10.0. The molecule has 0 fully saturated rings. The van der Waals surface area contributed by atoms with Crippen LogP contribution in [0.2, 0.25) is 0 Å². The maximum atomic E-state index is 13.0. The number of fused-ring (bicyclic) bond motifs is 1. The molecule has 1 aromatic carbocycles. The van der Waals surface area contributed by atoms with Gasteiger partial charge in [0.25, 0.3) is 0 Å². The van der Waals surface area contributed by atoms with Crippen LogP contribution in [-0.4, -0.2) is 91.8 Å². The number of aromatic nitrogens is 1. The average molecular weight is 536 g/mol. The van der Waals surface area contributed by atoms with Gasteiger partial charge >= 0.3 is 17.9 Å². The van der Waals surface area contributed by atoms with Crippen LogP contribution in [0.1, 0.15) is 24.8 Å². The summed E-state index contributed by atoms with van der Waals surface area (Å²) in [6, 6.07) is 0.876. The fourth-order valence-corrected chi connectivity index (χ4v) is 3.53. The van der Waals surface area contributed by atoms with Crippen molar-refractivity contribution in [1.29, 1.82) is 0 Å². The van der Waals surface area contributed by atoms with Gasteiger partial charge in [-0.05, 0) is 18.1 Å². The number of aromatic amines is 1. The van der Waals surface area contributed by atoms with Crippen LogP contribution in [0.15, 0.2) is 30.5 Å². The molecule has 38 heavy (non-hydrogen) atoms. The summed E-state index contributed by atoms with van der Waals surface area (Å²) in [6.07, 6.45) is -0.182. The van der Waals surface area contributed by atoms with E-state index in [4.69, 9.17) is 10.8 Å². The summed E-state index contributed by atoms with van der Waals surface area (Å²) in [5, 5.41) is 43.7. The van der Waals surface area contributed by atoms with E-state index in [1.807, 2.05) is 0 Å². The Morgan fingerprint density at radius 1 is 0.842 bits per heavy atom. The number of hydrogen-bond donors (Lipinski definition) is 9. The van der Waals surface area contributed by atoms with E-state index in [0.29, 0.717) is 10.9 Å². The lowest BCUT2D eigenvalue weighted by molar-refractivity contribution is -0.144. The molecule has 1 aromatic heterocycles. The SMILES string of the molecule is NC(CCC(=O)O)C(=O)NC(CC(=O)O)C(=O)NC(Cc1c[nH]c2ccccc12)C(=O)NC(CO)C(=O)O. The predicted octanol–water partition coefficient (Wildman–Crippen LogP) is -2.09. The molecule has 10 N–H and O–H groups in total. The molecule has 206 valence electrons. The van der Waals surface area contributed by atoms with Crippen LogP contribution in [0, 0.1) is 0 Å². The van der Waals surface area contributed by atoms with Crippen LogP contribution < -0.4 is 21.7 Å². The molecule has 3 amide bonds. The summed E-state index contributed by atoms with van der Waals surface area (Å²) in [5.41, 5.74) is 6.92. The number of carboxylic acids is 3. The predicted molar refractivity (Wildman–Crippen MR) is 130 cm³/mol. The molecule has 0 saturated heterocycles. The van der Waals surface area contributed by atoms with Crippen molar-refractivity contribution in [3.63, 3.8) is 0 Å². The minimum absolute atomic E-state index is 0.161. The second kappa shape index (κ2) is 13.7. The third-order valence-electron chi connectivity index (χ3n) is 5.55. The van der Waals surface area contributed by atoms with Gasteiger partial charge in [0.15, 0.2) is 0 Å². The Bertz CT molecular complexity index is 1200. The molecular weight excluding hydrogens is 506 g/mol. The van der Waals surface area contributed by atoms with Crippen LogP contribution in [0.4, 0.5) is 0 Å². The number of benzene rings is 1. The molecule has 0 aliphatic rings. The van der Waals surface area contributed by atoms with E-state index in [1.165, 1.54) is 0 Å². The molecule has 0 aliphatic heterocycles. The summed E-state index contributed by atoms with van der Waals surface area (Å²) in [7, 11) is 0. The van der Waals surface area contributed by atoms with Crippen molar-refractivity contribution >= 4 is 46.5 Å². The van der Waals surface area contributed by atoms with E-state index in [1.54, 1.807) is 30.5 Å². The van der Waals surface area contributed by atoms with Gasteiger partial charge in [0.2, 0.25) is 17.7 Å². The van der Waals surface area contributed by atoms with Gasteiger partial charge in [-0.25, -0.2) is 4.79 Å². The normalized spacial score (nSPS) is 14.1. The highest BCUT2D eigenvalue weighted by molar-refractivity contribution is 5.96. The first-order chi connectivity index (χ1) is 17.9. The van der Waals surface area contributed by atoms with Crippen LogP contribution >= 0.6 is 0 Å². The number of nitrogens with two attached hydrogens (primary N) is 1. The Kier molecular flexibility index (Phi) is 10.7. The molecule has 0 bridgehead atoms. The smallest absolute Gasteiger partial charge is 0.328 e. The first-order valence-electron chi connectivity index (χ1n) is 11.4. The van der Waals surface area contributed by atoms with E-state index in [-0.39, 0.29) is 12.8 Å². The number of aliphatic hydroxyl groups excluding tert-OH is 1. The van der Waals surface area contributed by atoms with Gasteiger partial charge in [0.05, 0.1) is 19.1 Å². The van der Waals surface area contributed by atoms with E-state index < -0.39 is 79.2 Å². The summed E-state index contributed by atoms with van der Waals surface area (Å²) in [5.74, 6) is -7.23. The van der Waals surface area contributed by atoms with Gasteiger partial charge in [0.1, 0.15) is 18.1 Å². The third-order valence-corrected chi connectivity index (χ3v) is 5.55. The maximum Gasteiger partial charge on any atom is 0.328 e. The number of carbonyl (C=O) groups excluding carboxylic acids is 3. The Labute approximate surface area is 215 Å². The van der Waals surface area contributed by atoms with Gasteiger partial charge in [-0.2, -0.15) is 0 Å². The summed E-state index contributed by atoms with van der Waals surface area (Å²) in [4.78, 5) is 74.7. The van der Waals surface area contributed by atoms with Gasteiger partial charge in [0, 0.05) is 29.9 Å². The number of hydrogen-bond acceptors (Lipinski definition) is 8. The Hall–Kier alpha value is -4.50. The quantitative estimate of drug-likeness (QED) is 0.119. The van der Waals surface area contributed by atoms with Crippen molar-refractivity contribution in [2.45, 2.75) is 49.9 Å². The molecule has 4 atom stereocenters. The van der Waals surface area contributed by atoms with E-state index >= 15 is 0 Å². The Morgan fingerprint density at radius 2 is 1.45 bits per heavy atom. The molecule has 4 unspecified atom stereocenters. The number of amides is 3. The number of H-pyrrole nitrogens is 1. The minimum Gasteiger partial charge on any atom is -0.481 e. The lowest BCUT2D eigenvalue weighted by Crippen LogP contribution is -2.58. The number of nitrogens with one attached hydrogen (secondary N) is 4. The van der Waals surface area contributed by atoms with Crippen molar-refractivity contribution in [1.82, 2.24) is 20.9 Å². The summed E-state index contributed by atoms with van der Waals surface area (Å²) in [6.45, 7) is -0.930. The molecule has 2 aromatic rings. The molecule has 2 rings (SSSR count). The van der Waals surface area contributed by atoms with Crippen molar-refractivity contribution < 1.29 is 49.2 Å². The van der Waals surface area contributed by atoms with Crippen LogP contribution in [0.25, 0.3) is 10.9 Å². The number of aliphatic hydroxyl groups is 1. The Balaban J connectivity index is 2.28. The van der Waals surface area contributed by atoms with Crippen molar-refractivity contribution in [3.05, 3.63) is 36.0 Å². The van der Waals surface area contributed by atoms with Crippen LogP contribution in [0.5, 0.6) is 0 Å². The van der Waals surface area contributed by atoms with E-state index in [9.17, 15) is 44.1 Å². The molecule has 0 saturated carbocycles. The van der Waals surface area contributed by atoms with E-state index in [2.05, 4.69) is 20.9 Å². The topological polar surface area (TPSA) is 261 Å². The zero-order valence-electron chi connectivity index (χ0n) is 20.0. The lowest BCUT2D eigenvalue weighted by Gasteiger charge is -2.24. The number of carbonyl (C=O) groups is 6. The summed E-state index contributed by atoms with van der Waals surface area (Å²) < 4.78 is 0. The first-order valence-corrected chi connectivity index (χ1v) is 11.4. The number of aliphatic carboxylic acids is 3. The number of para-hydroxylation sites is 1. The van der Waals surface area contributed by atoms with Crippen molar-refractivity contribution in [3.8, 4) is 0 Å². The average Bonchev–Trinajstić information content (AvgIpc) is 3.26. The highest BCUT2D eigenvalue weighted by Gasteiger charge is 2.32. The number of rotatable bonds is 15. The molecule has 0 spiro atoms. The van der Waals surface area contributed by atoms with Crippen molar-refractivity contribution in [2.24, 2.45) is 5.73 Å². The largest absolute Gasteiger partial charge is 0.481 e. The molecule has 0 radical (unpaired) electrons. The van der Waals surface area contributed by atoms with Crippen molar-refractivity contribution in [2.75, 3.05) is 6.61 Å². The monoisotopic (exact) mass is 535 g/mol. The molecule has 15 heteroatoms. The Morgan fingerprint density at radius 3 is 2.05 bits per heavy atom. The van der Waals surface area contributed by atoms with Crippen LogP contribution in [0.3, 0.4) is 0 Å². The first kappa shape index (κ1) is 29.7. The summed E-state index contributed by atoms with van der Waals surface area (Å²) >= 11 is 0. The second-order valence-corrected chi connectivity index (χ2v) is 8.40. The zero-order chi connectivity index (χ0) is 28.4. The van der Waals surface area contributed by atoms with Crippen LogP contribution in [-0.2, 0) is 35.2 Å². The van der Waals surface area contributed by atoms with E-state index in [0.717, 1.165) is 5.52 Å². The fourth-order valence-electron chi connectivity index (χ4n) is 3.53. The number of carboxylic acid groups (broad SMARTS) is 3. The third kappa shape index (κ3) is 8.56. The fraction of sp³-hybridized carbons (Fsp3) is 0.391. The van der Waals surface area contributed by atoms with Gasteiger partial charge in [-0.1, -0.05) is 18.2 Å². The molecule has 1 heterocycles. The minimum atomic E-state index is -1.69.